The van der Waals surface area contributed by atoms with Crippen LogP contribution >= 0.6 is 15.9 Å². The Morgan fingerprint density at radius 1 is 1.17 bits per heavy atom. The van der Waals surface area contributed by atoms with Crippen LogP contribution in [0, 0.1) is 13.8 Å². The van der Waals surface area contributed by atoms with Gasteiger partial charge in [-0.3, -0.25) is 4.79 Å². The van der Waals surface area contributed by atoms with Crippen molar-refractivity contribution >= 4 is 28.1 Å². The molecule has 1 heterocycles. The van der Waals surface area contributed by atoms with Crippen LogP contribution < -0.4 is 14.9 Å². The van der Waals surface area contributed by atoms with Gasteiger partial charge in [0.05, 0.1) is 6.21 Å². The molecule has 0 bridgehead atoms. The van der Waals surface area contributed by atoms with E-state index in [4.69, 9.17) is 9.47 Å². The fourth-order valence-electron chi connectivity index (χ4n) is 2.14. The molecular formula is C17H15BrN2O3. The molecule has 0 saturated carbocycles. The van der Waals surface area contributed by atoms with Gasteiger partial charge in [-0.15, -0.1) is 0 Å². The minimum atomic E-state index is -0.249. The van der Waals surface area contributed by atoms with Crippen molar-refractivity contribution in [3.05, 3.63) is 57.1 Å². The van der Waals surface area contributed by atoms with Crippen molar-refractivity contribution in [2.75, 3.05) is 6.79 Å². The number of carbonyl (C=O) groups excluding carboxylic acids is 1. The minimum Gasteiger partial charge on any atom is -0.454 e. The van der Waals surface area contributed by atoms with Gasteiger partial charge in [0.1, 0.15) is 0 Å². The number of amides is 1. The summed E-state index contributed by atoms with van der Waals surface area (Å²) in [6.07, 6.45) is 1.56. The molecule has 0 unspecified atom stereocenters. The summed E-state index contributed by atoms with van der Waals surface area (Å²) in [5.74, 6) is 1.10. The smallest absolute Gasteiger partial charge is 0.271 e. The second kappa shape index (κ2) is 6.42. The van der Waals surface area contributed by atoms with E-state index in [1.807, 2.05) is 32.0 Å². The lowest BCUT2D eigenvalue weighted by atomic mass is 10.1. The van der Waals surface area contributed by atoms with Gasteiger partial charge in [0.2, 0.25) is 6.79 Å². The fraction of sp³-hybridized carbons (Fsp3) is 0.176. The number of hydrogen-bond donors (Lipinski definition) is 1. The second-order valence-corrected chi connectivity index (χ2v) is 6.08. The van der Waals surface area contributed by atoms with Crippen molar-refractivity contribution in [3.8, 4) is 11.5 Å². The number of carbonyl (C=O) groups is 1. The molecule has 0 saturated heterocycles. The molecule has 1 aliphatic rings. The summed E-state index contributed by atoms with van der Waals surface area (Å²) >= 11 is 3.44. The topological polar surface area (TPSA) is 59.9 Å². The van der Waals surface area contributed by atoms with E-state index in [9.17, 15) is 4.79 Å². The van der Waals surface area contributed by atoms with Gasteiger partial charge in [0, 0.05) is 15.6 Å². The summed E-state index contributed by atoms with van der Waals surface area (Å²) in [7, 11) is 0. The van der Waals surface area contributed by atoms with E-state index < -0.39 is 0 Å². The van der Waals surface area contributed by atoms with Crippen LogP contribution in [0.15, 0.2) is 39.9 Å². The predicted octanol–water partition coefficient (Wildman–Crippen LogP) is 3.56. The number of hydrazone groups is 1. The molecule has 0 spiro atoms. The zero-order valence-electron chi connectivity index (χ0n) is 12.7. The van der Waals surface area contributed by atoms with Gasteiger partial charge < -0.3 is 9.47 Å². The van der Waals surface area contributed by atoms with E-state index in [0.717, 1.165) is 21.2 Å². The van der Waals surface area contributed by atoms with E-state index in [-0.39, 0.29) is 12.7 Å². The zero-order chi connectivity index (χ0) is 16.4. The minimum absolute atomic E-state index is 0.214. The SMILES string of the molecule is Cc1ccc(C(=O)NN=Cc2cc3c(cc2Br)OCO3)cc1C. The Morgan fingerprint density at radius 3 is 2.65 bits per heavy atom. The summed E-state index contributed by atoms with van der Waals surface area (Å²) in [6, 6.07) is 9.16. The summed E-state index contributed by atoms with van der Waals surface area (Å²) in [5, 5.41) is 4.01. The van der Waals surface area contributed by atoms with Crippen LogP contribution in [0.2, 0.25) is 0 Å². The van der Waals surface area contributed by atoms with Gasteiger partial charge >= 0.3 is 0 Å². The van der Waals surface area contributed by atoms with Crippen LogP contribution in [-0.2, 0) is 0 Å². The molecule has 2 aromatic carbocycles. The van der Waals surface area contributed by atoms with Crippen molar-refractivity contribution in [2.24, 2.45) is 5.10 Å². The molecule has 23 heavy (non-hydrogen) atoms. The third-order valence-corrected chi connectivity index (χ3v) is 4.32. The van der Waals surface area contributed by atoms with Gasteiger partial charge in [-0.25, -0.2) is 5.43 Å². The van der Waals surface area contributed by atoms with Crippen molar-refractivity contribution in [2.45, 2.75) is 13.8 Å². The maximum atomic E-state index is 12.1. The number of benzene rings is 2. The van der Waals surface area contributed by atoms with Gasteiger partial charge in [-0.05, 0) is 65.2 Å². The van der Waals surface area contributed by atoms with Crippen LogP contribution in [-0.4, -0.2) is 18.9 Å². The number of rotatable bonds is 3. The Bertz CT molecular complexity index is 803. The molecule has 0 fully saturated rings. The molecule has 0 atom stereocenters. The predicted molar refractivity (Wildman–Crippen MR) is 91.2 cm³/mol. The summed E-state index contributed by atoms with van der Waals surface area (Å²) in [6.45, 7) is 4.19. The number of hydrogen-bond acceptors (Lipinski definition) is 4. The average molecular weight is 375 g/mol. The highest BCUT2D eigenvalue weighted by atomic mass is 79.9. The maximum absolute atomic E-state index is 12.1. The van der Waals surface area contributed by atoms with Crippen LogP contribution in [0.25, 0.3) is 0 Å². The Kier molecular flexibility index (Phi) is 4.34. The number of nitrogens with one attached hydrogen (secondary N) is 1. The van der Waals surface area contributed by atoms with Gasteiger partial charge in [0.25, 0.3) is 5.91 Å². The van der Waals surface area contributed by atoms with Crippen LogP contribution in [0.5, 0.6) is 11.5 Å². The number of aryl methyl sites for hydroxylation is 2. The van der Waals surface area contributed by atoms with Gasteiger partial charge in [-0.1, -0.05) is 6.07 Å². The molecule has 0 aliphatic carbocycles. The van der Waals surface area contributed by atoms with Crippen molar-refractivity contribution in [3.63, 3.8) is 0 Å². The fourth-order valence-corrected chi connectivity index (χ4v) is 2.56. The molecule has 1 aliphatic heterocycles. The van der Waals surface area contributed by atoms with Gasteiger partial charge in [0.15, 0.2) is 11.5 Å². The van der Waals surface area contributed by atoms with E-state index >= 15 is 0 Å². The molecule has 5 nitrogen and oxygen atoms in total. The second-order valence-electron chi connectivity index (χ2n) is 5.23. The van der Waals surface area contributed by atoms with Crippen molar-refractivity contribution in [1.82, 2.24) is 5.43 Å². The standard InChI is InChI=1S/C17H15BrN2O3/c1-10-3-4-12(5-11(10)2)17(21)20-19-8-13-6-15-16(7-14(13)18)23-9-22-15/h3-8H,9H2,1-2H3,(H,20,21). The van der Waals surface area contributed by atoms with Crippen molar-refractivity contribution in [1.29, 1.82) is 0 Å². The van der Waals surface area contributed by atoms with E-state index in [1.165, 1.54) is 0 Å². The Balaban J connectivity index is 1.71. The highest BCUT2D eigenvalue weighted by Gasteiger charge is 2.15. The molecule has 3 rings (SSSR count). The zero-order valence-corrected chi connectivity index (χ0v) is 14.3. The first kappa shape index (κ1) is 15.6. The molecule has 2 aromatic rings. The largest absolute Gasteiger partial charge is 0.454 e. The lowest BCUT2D eigenvalue weighted by Crippen LogP contribution is -2.17. The first-order chi connectivity index (χ1) is 11.0. The summed E-state index contributed by atoms with van der Waals surface area (Å²) < 4.78 is 11.4. The first-order valence-corrected chi connectivity index (χ1v) is 7.83. The highest BCUT2D eigenvalue weighted by molar-refractivity contribution is 9.10. The Hall–Kier alpha value is -2.34. The normalized spacial score (nSPS) is 12.7. The van der Waals surface area contributed by atoms with E-state index in [2.05, 4.69) is 26.5 Å². The molecule has 0 aromatic heterocycles. The van der Waals surface area contributed by atoms with E-state index in [1.54, 1.807) is 18.3 Å². The highest BCUT2D eigenvalue weighted by Crippen LogP contribution is 2.36. The lowest BCUT2D eigenvalue weighted by Gasteiger charge is -2.04. The van der Waals surface area contributed by atoms with Crippen LogP contribution in [0.4, 0.5) is 0 Å². The molecule has 1 N–H and O–H groups in total. The number of ether oxygens (including phenoxy) is 2. The molecule has 6 heteroatoms. The van der Waals surface area contributed by atoms with Gasteiger partial charge in [-0.2, -0.15) is 5.10 Å². The summed E-state index contributed by atoms with van der Waals surface area (Å²) in [4.78, 5) is 12.1. The van der Waals surface area contributed by atoms with E-state index in [0.29, 0.717) is 17.1 Å². The van der Waals surface area contributed by atoms with Crippen molar-refractivity contribution < 1.29 is 14.3 Å². The lowest BCUT2D eigenvalue weighted by molar-refractivity contribution is 0.0955. The Morgan fingerprint density at radius 2 is 1.91 bits per heavy atom. The first-order valence-electron chi connectivity index (χ1n) is 7.04. The summed E-state index contributed by atoms with van der Waals surface area (Å²) in [5.41, 5.74) is 6.11. The quantitative estimate of drug-likeness (QED) is 0.659. The number of halogens is 1. The maximum Gasteiger partial charge on any atom is 0.271 e. The molecule has 0 radical (unpaired) electrons. The Labute approximate surface area is 142 Å². The van der Waals surface area contributed by atoms with Crippen LogP contribution in [0.3, 0.4) is 0 Å². The molecule has 1 amide bonds. The third-order valence-electron chi connectivity index (χ3n) is 3.63. The number of nitrogens with zero attached hydrogens (tertiary/aromatic N) is 1. The third kappa shape index (κ3) is 3.37. The monoisotopic (exact) mass is 374 g/mol. The molecule has 118 valence electrons. The average Bonchev–Trinajstić information content (AvgIpc) is 2.97. The molecular weight excluding hydrogens is 360 g/mol. The number of fused-ring (bicyclic) bond motifs is 1. The van der Waals surface area contributed by atoms with Crippen LogP contribution in [0.1, 0.15) is 27.0 Å².